The van der Waals surface area contributed by atoms with Crippen molar-refractivity contribution in [2.24, 2.45) is 5.41 Å². The van der Waals surface area contributed by atoms with Gasteiger partial charge in [-0.05, 0) is 29.9 Å². The molecule has 1 unspecified atom stereocenters. The number of hydrogen-bond donors (Lipinski definition) is 0. The highest BCUT2D eigenvalue weighted by Gasteiger charge is 2.42. The first-order valence-corrected chi connectivity index (χ1v) is 5.91. The van der Waals surface area contributed by atoms with Gasteiger partial charge in [-0.1, -0.05) is 27.7 Å². The van der Waals surface area contributed by atoms with Crippen molar-refractivity contribution in [1.82, 2.24) is 14.8 Å². The van der Waals surface area contributed by atoms with Crippen LogP contribution in [0.3, 0.4) is 0 Å². The van der Waals surface area contributed by atoms with Gasteiger partial charge in [-0.25, -0.2) is 0 Å². The van der Waals surface area contributed by atoms with Crippen LogP contribution in [0.25, 0.3) is 0 Å². The minimum atomic E-state index is 0.329. The third kappa shape index (κ3) is 1.67. The normalized spacial score (nSPS) is 24.3. The molecule has 0 N–H and O–H groups in total. The SMILES string of the molecule is CC(C)c1nnc(Cl)n1C1CCC1(C)C. The smallest absolute Gasteiger partial charge is 0.225 e. The Hall–Kier alpha value is -0.570. The molecule has 1 heterocycles. The van der Waals surface area contributed by atoms with Crippen LogP contribution < -0.4 is 0 Å². The summed E-state index contributed by atoms with van der Waals surface area (Å²) in [6.45, 7) is 8.81. The lowest BCUT2D eigenvalue weighted by molar-refractivity contribution is 0.0788. The van der Waals surface area contributed by atoms with Crippen molar-refractivity contribution >= 4 is 11.6 Å². The molecule has 0 spiro atoms. The summed E-state index contributed by atoms with van der Waals surface area (Å²) in [5.41, 5.74) is 0.329. The van der Waals surface area contributed by atoms with Gasteiger partial charge in [0.2, 0.25) is 5.28 Å². The van der Waals surface area contributed by atoms with Crippen molar-refractivity contribution in [2.45, 2.75) is 52.5 Å². The van der Waals surface area contributed by atoms with E-state index in [1.54, 1.807) is 0 Å². The molecule has 1 aromatic rings. The average molecular weight is 228 g/mol. The second-order valence-electron chi connectivity index (χ2n) is 5.39. The number of hydrogen-bond acceptors (Lipinski definition) is 2. The van der Waals surface area contributed by atoms with E-state index in [9.17, 15) is 0 Å². The summed E-state index contributed by atoms with van der Waals surface area (Å²) in [5.74, 6) is 1.39. The maximum atomic E-state index is 6.11. The Bertz CT molecular complexity index is 368. The molecular weight excluding hydrogens is 210 g/mol. The van der Waals surface area contributed by atoms with E-state index in [1.807, 2.05) is 0 Å². The predicted molar refractivity (Wildman–Crippen MR) is 61.2 cm³/mol. The zero-order valence-electron chi connectivity index (χ0n) is 9.79. The van der Waals surface area contributed by atoms with Crippen LogP contribution in [0.4, 0.5) is 0 Å². The van der Waals surface area contributed by atoms with E-state index >= 15 is 0 Å². The highest BCUT2D eigenvalue weighted by atomic mass is 35.5. The van der Waals surface area contributed by atoms with E-state index in [4.69, 9.17) is 11.6 Å². The van der Waals surface area contributed by atoms with E-state index in [0.29, 0.717) is 22.7 Å². The number of halogens is 1. The highest BCUT2D eigenvalue weighted by molar-refractivity contribution is 6.28. The van der Waals surface area contributed by atoms with Gasteiger partial charge in [0, 0.05) is 12.0 Å². The van der Waals surface area contributed by atoms with Crippen molar-refractivity contribution in [3.8, 4) is 0 Å². The van der Waals surface area contributed by atoms with E-state index in [0.717, 1.165) is 5.82 Å². The highest BCUT2D eigenvalue weighted by Crippen LogP contribution is 2.50. The van der Waals surface area contributed by atoms with Crippen molar-refractivity contribution in [2.75, 3.05) is 0 Å². The van der Waals surface area contributed by atoms with Gasteiger partial charge >= 0.3 is 0 Å². The molecule has 3 nitrogen and oxygen atoms in total. The van der Waals surface area contributed by atoms with Gasteiger partial charge in [0.05, 0.1) is 0 Å². The third-order valence-corrected chi connectivity index (χ3v) is 3.73. The fraction of sp³-hybridized carbons (Fsp3) is 0.818. The summed E-state index contributed by atoms with van der Waals surface area (Å²) >= 11 is 6.11. The Morgan fingerprint density at radius 3 is 2.47 bits per heavy atom. The van der Waals surface area contributed by atoms with Gasteiger partial charge in [-0.15, -0.1) is 10.2 Å². The molecule has 1 saturated carbocycles. The van der Waals surface area contributed by atoms with Crippen molar-refractivity contribution < 1.29 is 0 Å². The van der Waals surface area contributed by atoms with Crippen LogP contribution in [0.2, 0.25) is 5.28 Å². The molecule has 15 heavy (non-hydrogen) atoms. The van der Waals surface area contributed by atoms with Gasteiger partial charge in [0.1, 0.15) is 5.82 Å². The quantitative estimate of drug-likeness (QED) is 0.775. The van der Waals surface area contributed by atoms with E-state index in [1.165, 1.54) is 12.8 Å². The molecule has 0 bridgehead atoms. The molecule has 1 atom stereocenters. The molecule has 0 saturated heterocycles. The van der Waals surface area contributed by atoms with Crippen LogP contribution in [0, 0.1) is 5.41 Å². The Kier molecular flexibility index (Phi) is 2.53. The van der Waals surface area contributed by atoms with Crippen molar-refractivity contribution in [3.63, 3.8) is 0 Å². The Morgan fingerprint density at radius 2 is 2.07 bits per heavy atom. The maximum Gasteiger partial charge on any atom is 0.225 e. The van der Waals surface area contributed by atoms with Crippen LogP contribution in [-0.4, -0.2) is 14.8 Å². The summed E-state index contributed by atoms with van der Waals surface area (Å²) in [7, 11) is 0. The lowest BCUT2D eigenvalue weighted by Gasteiger charge is -2.45. The van der Waals surface area contributed by atoms with E-state index < -0.39 is 0 Å². The fourth-order valence-electron chi connectivity index (χ4n) is 2.29. The summed E-state index contributed by atoms with van der Waals surface area (Å²) in [4.78, 5) is 0. The molecule has 1 aliphatic rings. The van der Waals surface area contributed by atoms with Crippen LogP contribution in [0.15, 0.2) is 0 Å². The lowest BCUT2D eigenvalue weighted by Crippen LogP contribution is -2.37. The maximum absolute atomic E-state index is 6.11. The minimum Gasteiger partial charge on any atom is -0.298 e. The van der Waals surface area contributed by atoms with Gasteiger partial charge in [-0.2, -0.15) is 0 Å². The molecule has 0 radical (unpaired) electrons. The minimum absolute atomic E-state index is 0.329. The topological polar surface area (TPSA) is 30.7 Å². The Balaban J connectivity index is 2.39. The largest absolute Gasteiger partial charge is 0.298 e. The molecule has 0 amide bonds. The van der Waals surface area contributed by atoms with Gasteiger partial charge in [-0.3, -0.25) is 4.57 Å². The van der Waals surface area contributed by atoms with Crippen LogP contribution in [0.1, 0.15) is 58.3 Å². The average Bonchev–Trinajstić information content (AvgIpc) is 2.47. The molecule has 1 aromatic heterocycles. The van der Waals surface area contributed by atoms with E-state index in [-0.39, 0.29) is 0 Å². The summed E-state index contributed by atoms with van der Waals surface area (Å²) < 4.78 is 2.12. The van der Waals surface area contributed by atoms with E-state index in [2.05, 4.69) is 42.5 Å². The molecular formula is C11H18ClN3. The monoisotopic (exact) mass is 227 g/mol. The second kappa shape index (κ2) is 3.48. The summed E-state index contributed by atoms with van der Waals surface area (Å²) in [5, 5.41) is 8.69. The second-order valence-corrected chi connectivity index (χ2v) is 5.73. The standard InChI is InChI=1S/C11H18ClN3/c1-7(2)9-13-14-10(12)15(9)8-5-6-11(8,3)4/h7-8H,5-6H2,1-4H3. The molecule has 84 valence electrons. The summed E-state index contributed by atoms with van der Waals surface area (Å²) in [6.07, 6.45) is 2.44. The Morgan fingerprint density at radius 1 is 1.40 bits per heavy atom. The van der Waals surface area contributed by atoms with Gasteiger partial charge < -0.3 is 0 Å². The third-order valence-electron chi connectivity index (χ3n) is 3.47. The zero-order chi connectivity index (χ0) is 11.2. The van der Waals surface area contributed by atoms with Crippen LogP contribution in [0.5, 0.6) is 0 Å². The van der Waals surface area contributed by atoms with Gasteiger partial charge in [0.25, 0.3) is 0 Å². The Labute approximate surface area is 95.8 Å². The zero-order valence-corrected chi connectivity index (χ0v) is 10.5. The molecule has 0 aliphatic heterocycles. The lowest BCUT2D eigenvalue weighted by atomic mass is 9.67. The van der Waals surface area contributed by atoms with Crippen LogP contribution in [-0.2, 0) is 0 Å². The molecule has 1 fully saturated rings. The molecule has 2 rings (SSSR count). The number of rotatable bonds is 2. The van der Waals surface area contributed by atoms with Crippen molar-refractivity contribution in [1.29, 1.82) is 0 Å². The van der Waals surface area contributed by atoms with Crippen molar-refractivity contribution in [3.05, 3.63) is 11.1 Å². The first-order chi connectivity index (χ1) is 6.93. The predicted octanol–water partition coefficient (Wildman–Crippen LogP) is 3.42. The number of aromatic nitrogens is 3. The molecule has 1 aliphatic carbocycles. The molecule has 0 aromatic carbocycles. The van der Waals surface area contributed by atoms with Gasteiger partial charge in [0.15, 0.2) is 0 Å². The first kappa shape index (κ1) is 10.9. The summed E-state index contributed by atoms with van der Waals surface area (Å²) in [6, 6.07) is 0.470. The fourth-order valence-corrected chi connectivity index (χ4v) is 2.54. The van der Waals surface area contributed by atoms with Crippen LogP contribution >= 0.6 is 11.6 Å². The molecule has 4 heteroatoms. The first-order valence-electron chi connectivity index (χ1n) is 5.54. The number of nitrogens with zero attached hydrogens (tertiary/aromatic N) is 3.